The van der Waals surface area contributed by atoms with E-state index in [1.165, 1.54) is 7.11 Å². The molecule has 2 amide bonds. The van der Waals surface area contributed by atoms with Crippen molar-refractivity contribution in [2.75, 3.05) is 20.3 Å². The van der Waals surface area contributed by atoms with Gasteiger partial charge in [-0.1, -0.05) is 43.2 Å². The molecule has 0 saturated heterocycles. The minimum Gasteiger partial charge on any atom is -0.493 e. The first kappa shape index (κ1) is 28.6. The standard InChI is InChI=1S/C30H38N2O7/c1-4-5-6-25(35)32(16-19-9-7-18(2)8-10-19)23-15-22(30(37)31-11-12-33)26-21-13-20(17-34)14-24(38-3)28(21)39-29(26)27(23)36/h7-10,13-15,23,26-27,29,33-34,36H,4-6,11-12,16-17H2,1-3H3,(H,31,37)/t23-,26+,27+,29+/m1/s1. The Hall–Kier alpha value is -3.40. The maximum absolute atomic E-state index is 13.5. The molecule has 4 N–H and O–H groups in total. The molecule has 0 radical (unpaired) electrons. The van der Waals surface area contributed by atoms with Gasteiger partial charge in [-0.25, -0.2) is 0 Å². The summed E-state index contributed by atoms with van der Waals surface area (Å²) in [6.45, 7) is 3.84. The van der Waals surface area contributed by atoms with Gasteiger partial charge in [-0.2, -0.15) is 0 Å². The number of aliphatic hydroxyl groups is 3. The molecule has 4 atom stereocenters. The molecular weight excluding hydrogens is 500 g/mol. The molecule has 0 bridgehead atoms. The SMILES string of the molecule is CCCCC(=O)N(Cc1ccc(C)cc1)[C@@H]1C=C(C(=O)NCCO)[C@@H]2c3cc(CO)cc(OC)c3O[C@@H]2[C@H]1O. The monoisotopic (exact) mass is 538 g/mol. The molecule has 1 aliphatic carbocycles. The fourth-order valence-electron chi connectivity index (χ4n) is 5.34. The second-order valence-electron chi connectivity index (χ2n) is 10.1. The summed E-state index contributed by atoms with van der Waals surface area (Å²) in [5, 5.41) is 33.6. The molecule has 1 heterocycles. The third kappa shape index (κ3) is 5.95. The second-order valence-corrected chi connectivity index (χ2v) is 10.1. The zero-order chi connectivity index (χ0) is 28.1. The number of nitrogens with one attached hydrogen (secondary N) is 1. The van der Waals surface area contributed by atoms with Gasteiger partial charge in [0, 0.05) is 30.6 Å². The summed E-state index contributed by atoms with van der Waals surface area (Å²) >= 11 is 0. The molecule has 0 aromatic heterocycles. The van der Waals surface area contributed by atoms with Crippen molar-refractivity contribution in [3.05, 3.63) is 70.3 Å². The van der Waals surface area contributed by atoms with Gasteiger partial charge in [-0.3, -0.25) is 9.59 Å². The highest BCUT2D eigenvalue weighted by atomic mass is 16.5. The number of unbranched alkanes of at least 4 members (excludes halogenated alkanes) is 1. The van der Waals surface area contributed by atoms with Gasteiger partial charge in [0.05, 0.1) is 32.3 Å². The number of benzene rings is 2. The number of amides is 2. The van der Waals surface area contributed by atoms with Crippen LogP contribution < -0.4 is 14.8 Å². The molecule has 0 spiro atoms. The zero-order valence-corrected chi connectivity index (χ0v) is 22.7. The lowest BCUT2D eigenvalue weighted by Crippen LogP contribution is -2.55. The van der Waals surface area contributed by atoms with Gasteiger partial charge in [0.2, 0.25) is 11.8 Å². The van der Waals surface area contributed by atoms with Gasteiger partial charge in [-0.15, -0.1) is 0 Å². The van der Waals surface area contributed by atoms with Crippen LogP contribution in [0.5, 0.6) is 11.5 Å². The lowest BCUT2D eigenvalue weighted by Gasteiger charge is -2.41. The van der Waals surface area contributed by atoms with Crippen LogP contribution in [-0.2, 0) is 22.7 Å². The summed E-state index contributed by atoms with van der Waals surface area (Å²) < 4.78 is 11.8. The smallest absolute Gasteiger partial charge is 0.247 e. The van der Waals surface area contributed by atoms with E-state index in [9.17, 15) is 24.9 Å². The zero-order valence-electron chi connectivity index (χ0n) is 22.7. The minimum absolute atomic E-state index is 0.0526. The van der Waals surface area contributed by atoms with E-state index in [1.54, 1.807) is 23.1 Å². The Bertz CT molecular complexity index is 1210. The van der Waals surface area contributed by atoms with E-state index in [0.29, 0.717) is 41.0 Å². The molecule has 39 heavy (non-hydrogen) atoms. The number of methoxy groups -OCH3 is 1. The van der Waals surface area contributed by atoms with Crippen molar-refractivity contribution in [2.24, 2.45) is 0 Å². The summed E-state index contributed by atoms with van der Waals surface area (Å²) in [6, 6.07) is 10.4. The molecule has 0 unspecified atom stereocenters. The van der Waals surface area contributed by atoms with Crippen LogP contribution in [0.1, 0.15) is 54.4 Å². The lowest BCUT2D eigenvalue weighted by molar-refractivity contribution is -0.138. The van der Waals surface area contributed by atoms with E-state index < -0.39 is 30.1 Å². The minimum atomic E-state index is -1.14. The number of hydrogen-bond donors (Lipinski definition) is 4. The first-order valence-corrected chi connectivity index (χ1v) is 13.4. The Balaban J connectivity index is 1.80. The van der Waals surface area contributed by atoms with Crippen LogP contribution in [0.3, 0.4) is 0 Å². The van der Waals surface area contributed by atoms with Crippen LogP contribution >= 0.6 is 0 Å². The normalized spacial score (nSPS) is 21.3. The fourth-order valence-corrected chi connectivity index (χ4v) is 5.34. The van der Waals surface area contributed by atoms with Gasteiger partial charge in [-0.05, 0) is 42.7 Å². The van der Waals surface area contributed by atoms with Crippen LogP contribution in [0.4, 0.5) is 0 Å². The average Bonchev–Trinajstić information content (AvgIpc) is 3.34. The molecule has 9 nitrogen and oxygen atoms in total. The van der Waals surface area contributed by atoms with Crippen LogP contribution in [0.25, 0.3) is 0 Å². The first-order chi connectivity index (χ1) is 18.8. The Morgan fingerprint density at radius 3 is 2.51 bits per heavy atom. The summed E-state index contributed by atoms with van der Waals surface area (Å²) in [7, 11) is 1.49. The highest BCUT2D eigenvalue weighted by Crippen LogP contribution is 2.51. The summed E-state index contributed by atoms with van der Waals surface area (Å²) in [4.78, 5) is 28.6. The second kappa shape index (κ2) is 12.6. The largest absolute Gasteiger partial charge is 0.493 e. The van der Waals surface area contributed by atoms with E-state index in [0.717, 1.165) is 17.5 Å². The topological polar surface area (TPSA) is 129 Å². The highest BCUT2D eigenvalue weighted by Gasteiger charge is 2.51. The number of nitrogens with zero attached hydrogens (tertiary/aromatic N) is 1. The predicted octanol–water partition coefficient (Wildman–Crippen LogP) is 2.34. The number of hydrogen-bond acceptors (Lipinski definition) is 7. The van der Waals surface area contributed by atoms with Gasteiger partial charge in [0.1, 0.15) is 12.2 Å². The molecule has 0 saturated carbocycles. The van der Waals surface area contributed by atoms with Gasteiger partial charge >= 0.3 is 0 Å². The van der Waals surface area contributed by atoms with Crippen molar-refractivity contribution in [1.29, 1.82) is 0 Å². The molecule has 1 aliphatic heterocycles. The van der Waals surface area contributed by atoms with Crippen molar-refractivity contribution in [2.45, 2.75) is 70.4 Å². The van der Waals surface area contributed by atoms with E-state index >= 15 is 0 Å². The molecule has 210 valence electrons. The number of aliphatic hydroxyl groups excluding tert-OH is 3. The molecule has 2 aromatic carbocycles. The summed E-state index contributed by atoms with van der Waals surface area (Å²) in [5.41, 5.74) is 3.53. The van der Waals surface area contributed by atoms with E-state index in [1.807, 2.05) is 38.1 Å². The molecule has 0 fully saturated rings. The molecule has 4 rings (SSSR count). The first-order valence-electron chi connectivity index (χ1n) is 13.4. The lowest BCUT2D eigenvalue weighted by atomic mass is 9.77. The Morgan fingerprint density at radius 2 is 1.87 bits per heavy atom. The van der Waals surface area contributed by atoms with Gasteiger partial charge < -0.3 is 35.0 Å². The van der Waals surface area contributed by atoms with Crippen molar-refractivity contribution in [3.63, 3.8) is 0 Å². The fraction of sp³-hybridized carbons (Fsp3) is 0.467. The number of carbonyl (C=O) groups is 2. The highest BCUT2D eigenvalue weighted by molar-refractivity contribution is 5.96. The van der Waals surface area contributed by atoms with Crippen molar-refractivity contribution in [1.82, 2.24) is 10.2 Å². The van der Waals surface area contributed by atoms with E-state index in [2.05, 4.69) is 5.32 Å². The van der Waals surface area contributed by atoms with E-state index in [4.69, 9.17) is 9.47 Å². The average molecular weight is 539 g/mol. The Morgan fingerprint density at radius 1 is 1.13 bits per heavy atom. The molecule has 9 heteroatoms. The third-order valence-electron chi connectivity index (χ3n) is 7.39. The van der Waals surface area contributed by atoms with Crippen molar-refractivity contribution in [3.8, 4) is 11.5 Å². The van der Waals surface area contributed by atoms with Crippen LogP contribution in [0, 0.1) is 6.92 Å². The van der Waals surface area contributed by atoms with Crippen LogP contribution in [-0.4, -0.2) is 70.5 Å². The summed E-state index contributed by atoms with van der Waals surface area (Å²) in [5.74, 6) is -0.413. The van der Waals surface area contributed by atoms with Gasteiger partial charge in [0.15, 0.2) is 11.5 Å². The quantitative estimate of drug-likeness (QED) is 0.346. The number of aryl methyl sites for hydroxylation is 1. The van der Waals surface area contributed by atoms with Crippen molar-refractivity contribution < 1.29 is 34.4 Å². The van der Waals surface area contributed by atoms with Crippen LogP contribution in [0.2, 0.25) is 0 Å². The number of carbonyl (C=O) groups excluding carboxylic acids is 2. The number of rotatable bonds is 11. The maximum atomic E-state index is 13.5. The maximum Gasteiger partial charge on any atom is 0.247 e. The predicted molar refractivity (Wildman–Crippen MR) is 145 cm³/mol. The number of ether oxygens (including phenoxy) is 2. The van der Waals surface area contributed by atoms with Crippen molar-refractivity contribution >= 4 is 11.8 Å². The molecule has 2 aliphatic rings. The van der Waals surface area contributed by atoms with Crippen LogP contribution in [0.15, 0.2) is 48.0 Å². The van der Waals surface area contributed by atoms with Gasteiger partial charge in [0.25, 0.3) is 0 Å². The molecular formula is C30H38N2O7. The Kier molecular flexibility index (Phi) is 9.27. The van der Waals surface area contributed by atoms with E-state index in [-0.39, 0.29) is 32.2 Å². The molecule has 2 aromatic rings. The summed E-state index contributed by atoms with van der Waals surface area (Å²) in [6.07, 6.45) is 1.51. The number of fused-ring (bicyclic) bond motifs is 3. The Labute approximate surface area is 229 Å². The third-order valence-corrected chi connectivity index (χ3v) is 7.39.